The van der Waals surface area contributed by atoms with E-state index in [1.165, 1.54) is 6.39 Å². The minimum absolute atomic E-state index is 0.351. The molecule has 0 aliphatic rings. The third-order valence-corrected chi connectivity index (χ3v) is 1.68. The maximum Gasteiger partial charge on any atom is 0.181 e. The Morgan fingerprint density at radius 2 is 2.42 bits per heavy atom. The molecular formula is C8H8N2O2. The van der Waals surface area contributed by atoms with E-state index in [1.807, 2.05) is 18.2 Å². The van der Waals surface area contributed by atoms with Crippen LogP contribution in [0.5, 0.6) is 0 Å². The second-order valence-electron chi connectivity index (χ2n) is 2.43. The first-order valence-electron chi connectivity index (χ1n) is 3.54. The van der Waals surface area contributed by atoms with Gasteiger partial charge >= 0.3 is 0 Å². The molecule has 0 saturated carbocycles. The fourth-order valence-corrected chi connectivity index (χ4v) is 1.15. The molecular weight excluding hydrogens is 156 g/mol. The molecule has 0 bridgehead atoms. The Morgan fingerprint density at radius 3 is 3.25 bits per heavy atom. The van der Waals surface area contributed by atoms with E-state index in [0.717, 1.165) is 16.7 Å². The van der Waals surface area contributed by atoms with E-state index < -0.39 is 0 Å². The molecule has 12 heavy (non-hydrogen) atoms. The van der Waals surface area contributed by atoms with Gasteiger partial charge in [0, 0.05) is 5.56 Å². The van der Waals surface area contributed by atoms with Crippen LogP contribution in [0.15, 0.2) is 29.0 Å². The molecule has 0 spiro atoms. The summed E-state index contributed by atoms with van der Waals surface area (Å²) in [5.41, 5.74) is 2.50. The quantitative estimate of drug-likeness (QED) is 0.678. The summed E-state index contributed by atoms with van der Waals surface area (Å²) < 4.78 is 5.10. The van der Waals surface area contributed by atoms with Crippen molar-refractivity contribution in [1.82, 2.24) is 4.98 Å². The molecule has 4 nitrogen and oxygen atoms in total. The molecule has 2 N–H and O–H groups in total. The van der Waals surface area contributed by atoms with E-state index in [1.54, 1.807) is 0 Å². The molecule has 0 unspecified atom stereocenters. The van der Waals surface area contributed by atoms with Crippen molar-refractivity contribution in [3.8, 4) is 0 Å². The van der Waals surface area contributed by atoms with E-state index >= 15 is 0 Å². The number of nitrogens with two attached hydrogens (primary N) is 1. The zero-order valence-electron chi connectivity index (χ0n) is 6.36. The molecule has 0 radical (unpaired) electrons. The van der Waals surface area contributed by atoms with E-state index in [2.05, 4.69) is 9.82 Å². The number of fused-ring (bicyclic) bond motifs is 1. The second-order valence-corrected chi connectivity index (χ2v) is 2.43. The Balaban J connectivity index is 2.57. The molecule has 0 aliphatic heterocycles. The van der Waals surface area contributed by atoms with Gasteiger partial charge in [-0.1, -0.05) is 12.1 Å². The Labute approximate surface area is 68.9 Å². The van der Waals surface area contributed by atoms with Gasteiger partial charge in [0.2, 0.25) is 0 Å². The highest BCUT2D eigenvalue weighted by molar-refractivity contribution is 5.75. The van der Waals surface area contributed by atoms with Gasteiger partial charge in [-0.05, 0) is 6.07 Å². The van der Waals surface area contributed by atoms with Crippen molar-refractivity contribution in [2.75, 3.05) is 0 Å². The van der Waals surface area contributed by atoms with Crippen LogP contribution in [0.3, 0.4) is 0 Å². The molecule has 0 atom stereocenters. The van der Waals surface area contributed by atoms with E-state index in [4.69, 9.17) is 10.3 Å². The zero-order valence-corrected chi connectivity index (χ0v) is 6.36. The van der Waals surface area contributed by atoms with Gasteiger partial charge in [-0.2, -0.15) is 0 Å². The standard InChI is InChI=1S/C8H8N2O2/c9-12-4-6-2-1-3-7-8(6)10-5-11-7/h1-3,5H,4,9H2. The highest BCUT2D eigenvalue weighted by Gasteiger charge is 2.03. The van der Waals surface area contributed by atoms with Gasteiger partial charge in [0.1, 0.15) is 5.52 Å². The summed E-state index contributed by atoms with van der Waals surface area (Å²) >= 11 is 0. The topological polar surface area (TPSA) is 61.3 Å². The highest BCUT2D eigenvalue weighted by atomic mass is 16.6. The van der Waals surface area contributed by atoms with Gasteiger partial charge in [0.05, 0.1) is 6.61 Å². The molecule has 1 heterocycles. The first kappa shape index (κ1) is 7.27. The van der Waals surface area contributed by atoms with Crippen molar-refractivity contribution < 1.29 is 9.25 Å². The van der Waals surface area contributed by atoms with E-state index in [-0.39, 0.29) is 0 Å². The molecule has 1 aromatic carbocycles. The minimum Gasteiger partial charge on any atom is -0.443 e. The summed E-state index contributed by atoms with van der Waals surface area (Å²) in [5, 5.41) is 0. The Morgan fingerprint density at radius 1 is 1.50 bits per heavy atom. The molecule has 0 amide bonds. The summed E-state index contributed by atoms with van der Waals surface area (Å²) in [4.78, 5) is 8.56. The average molecular weight is 164 g/mol. The SMILES string of the molecule is NOCc1cccc2ocnc12. The van der Waals surface area contributed by atoms with Crippen molar-refractivity contribution >= 4 is 11.1 Å². The molecule has 1 aromatic heterocycles. The van der Waals surface area contributed by atoms with Crippen molar-refractivity contribution in [3.63, 3.8) is 0 Å². The van der Waals surface area contributed by atoms with Crippen LogP contribution in [-0.4, -0.2) is 4.98 Å². The van der Waals surface area contributed by atoms with Crippen molar-refractivity contribution in [1.29, 1.82) is 0 Å². The lowest BCUT2D eigenvalue weighted by Gasteiger charge is -1.97. The molecule has 2 rings (SSSR count). The minimum atomic E-state index is 0.351. The largest absolute Gasteiger partial charge is 0.443 e. The maximum absolute atomic E-state index is 5.10. The van der Waals surface area contributed by atoms with E-state index in [9.17, 15) is 0 Å². The summed E-state index contributed by atoms with van der Waals surface area (Å²) in [6, 6.07) is 5.63. The van der Waals surface area contributed by atoms with Crippen molar-refractivity contribution in [2.45, 2.75) is 6.61 Å². The molecule has 2 aromatic rings. The number of benzene rings is 1. The number of nitrogens with zero attached hydrogens (tertiary/aromatic N) is 1. The van der Waals surface area contributed by atoms with Crippen LogP contribution in [-0.2, 0) is 11.4 Å². The van der Waals surface area contributed by atoms with Crippen molar-refractivity contribution in [2.24, 2.45) is 5.90 Å². The molecule has 0 saturated heterocycles. The predicted octanol–water partition coefficient (Wildman–Crippen LogP) is 1.22. The second kappa shape index (κ2) is 2.92. The van der Waals surface area contributed by atoms with Crippen molar-refractivity contribution in [3.05, 3.63) is 30.2 Å². The van der Waals surface area contributed by atoms with Crippen LogP contribution >= 0.6 is 0 Å². The Hall–Kier alpha value is -1.39. The van der Waals surface area contributed by atoms with Crippen LogP contribution < -0.4 is 5.90 Å². The Kier molecular flexibility index (Phi) is 1.77. The number of oxazole rings is 1. The molecule has 0 aliphatic carbocycles. The zero-order chi connectivity index (χ0) is 8.39. The number of aromatic nitrogens is 1. The molecule has 4 heteroatoms. The lowest BCUT2D eigenvalue weighted by molar-refractivity contribution is 0.125. The lowest BCUT2D eigenvalue weighted by atomic mass is 10.2. The number of hydrogen-bond donors (Lipinski definition) is 1. The van der Waals surface area contributed by atoms with Gasteiger partial charge < -0.3 is 4.42 Å². The third-order valence-electron chi connectivity index (χ3n) is 1.68. The van der Waals surface area contributed by atoms with Gasteiger partial charge in [0.25, 0.3) is 0 Å². The van der Waals surface area contributed by atoms with Gasteiger partial charge in [0.15, 0.2) is 12.0 Å². The fourth-order valence-electron chi connectivity index (χ4n) is 1.15. The number of rotatable bonds is 2. The fraction of sp³-hybridized carbons (Fsp3) is 0.125. The van der Waals surface area contributed by atoms with Crippen LogP contribution in [0, 0.1) is 0 Å². The van der Waals surface area contributed by atoms with E-state index in [0.29, 0.717) is 6.61 Å². The van der Waals surface area contributed by atoms with Gasteiger partial charge in [-0.15, -0.1) is 0 Å². The van der Waals surface area contributed by atoms with Gasteiger partial charge in [-0.3, -0.25) is 4.84 Å². The smallest absolute Gasteiger partial charge is 0.181 e. The lowest BCUT2D eigenvalue weighted by Crippen LogP contribution is -1.99. The first-order chi connectivity index (χ1) is 5.92. The highest BCUT2D eigenvalue weighted by Crippen LogP contribution is 2.16. The summed E-state index contributed by atoms with van der Waals surface area (Å²) in [7, 11) is 0. The first-order valence-corrected chi connectivity index (χ1v) is 3.54. The normalized spacial score (nSPS) is 10.8. The average Bonchev–Trinajstić information content (AvgIpc) is 2.53. The van der Waals surface area contributed by atoms with Crippen LogP contribution in [0.1, 0.15) is 5.56 Å². The molecule has 0 fully saturated rings. The van der Waals surface area contributed by atoms with Crippen LogP contribution in [0.2, 0.25) is 0 Å². The monoisotopic (exact) mass is 164 g/mol. The number of hydrogen-bond acceptors (Lipinski definition) is 4. The predicted molar refractivity (Wildman–Crippen MR) is 43.0 cm³/mol. The summed E-state index contributed by atoms with van der Waals surface area (Å²) in [6.45, 7) is 0.351. The summed E-state index contributed by atoms with van der Waals surface area (Å²) in [6.07, 6.45) is 1.41. The Bertz CT molecular complexity index is 383. The number of para-hydroxylation sites is 1. The summed E-state index contributed by atoms with van der Waals surface area (Å²) in [5.74, 6) is 4.96. The van der Waals surface area contributed by atoms with Crippen LogP contribution in [0.25, 0.3) is 11.1 Å². The molecule has 62 valence electrons. The maximum atomic E-state index is 5.10. The third kappa shape index (κ3) is 1.07. The van der Waals surface area contributed by atoms with Crippen LogP contribution in [0.4, 0.5) is 0 Å². The van der Waals surface area contributed by atoms with Gasteiger partial charge in [-0.25, -0.2) is 10.9 Å².